The van der Waals surface area contributed by atoms with Crippen molar-refractivity contribution < 1.29 is 14.3 Å². The lowest BCUT2D eigenvalue weighted by molar-refractivity contribution is 0.0694. The molecule has 1 aromatic heterocycles. The minimum atomic E-state index is -0.00847. The number of nitrogens with zero attached hydrogens (tertiary/aromatic N) is 2. The molecule has 0 atom stereocenters. The quantitative estimate of drug-likeness (QED) is 0.681. The van der Waals surface area contributed by atoms with Gasteiger partial charge in [0.2, 0.25) is 0 Å². The topological polar surface area (TPSA) is 43.7 Å². The number of carbonyl (C=O) groups excluding carboxylic acids is 1. The maximum absolute atomic E-state index is 13.0. The second kappa shape index (κ2) is 9.18. The third-order valence-corrected chi connectivity index (χ3v) is 5.09. The molecule has 2 aromatic rings. The van der Waals surface area contributed by atoms with Gasteiger partial charge in [0.25, 0.3) is 5.91 Å². The molecule has 146 valence electrons. The van der Waals surface area contributed by atoms with Crippen LogP contribution in [0.1, 0.15) is 49.5 Å². The molecule has 1 amide bonds. The summed E-state index contributed by atoms with van der Waals surface area (Å²) in [6.07, 6.45) is 6.95. The zero-order valence-corrected chi connectivity index (χ0v) is 16.7. The van der Waals surface area contributed by atoms with Crippen LogP contribution in [-0.2, 0) is 0 Å². The highest BCUT2D eigenvalue weighted by Gasteiger charge is 2.25. The number of hydrogen-bond donors (Lipinski definition) is 0. The fraction of sp³-hybridized carbons (Fsp3) is 0.476. The van der Waals surface area contributed by atoms with Crippen molar-refractivity contribution in [2.24, 2.45) is 0 Å². The van der Waals surface area contributed by atoms with E-state index in [1.54, 1.807) is 12.1 Å². The highest BCUT2D eigenvalue weighted by Crippen LogP contribution is 2.37. The first-order chi connectivity index (χ1) is 13.1. The normalized spacial score (nSPS) is 15.0. The maximum Gasteiger partial charge on any atom is 0.254 e. The highest BCUT2D eigenvalue weighted by atomic mass is 35.5. The van der Waals surface area contributed by atoms with Crippen LogP contribution in [0.4, 0.5) is 0 Å². The third kappa shape index (κ3) is 4.59. The van der Waals surface area contributed by atoms with Crippen LogP contribution in [0.2, 0.25) is 5.02 Å². The van der Waals surface area contributed by atoms with Gasteiger partial charge in [-0.2, -0.15) is 0 Å². The number of ether oxygens (including phenoxy) is 2. The minimum absolute atomic E-state index is 0.00847. The third-order valence-electron chi connectivity index (χ3n) is 4.81. The molecule has 3 rings (SSSR count). The van der Waals surface area contributed by atoms with E-state index in [1.165, 1.54) is 0 Å². The molecule has 0 unspecified atom stereocenters. The lowest BCUT2D eigenvalue weighted by Gasteiger charge is -2.33. The lowest BCUT2D eigenvalue weighted by Crippen LogP contribution is -2.38. The van der Waals surface area contributed by atoms with E-state index in [9.17, 15) is 4.79 Å². The lowest BCUT2D eigenvalue weighted by atomic mass is 10.0. The molecule has 1 aromatic carbocycles. The first-order valence-corrected chi connectivity index (χ1v) is 10.0. The number of amides is 1. The van der Waals surface area contributed by atoms with Crippen LogP contribution < -0.4 is 9.47 Å². The number of piperidine rings is 1. The Labute approximate surface area is 165 Å². The Morgan fingerprint density at radius 1 is 1.15 bits per heavy atom. The Morgan fingerprint density at radius 3 is 2.48 bits per heavy atom. The van der Waals surface area contributed by atoms with E-state index < -0.39 is 0 Å². The van der Waals surface area contributed by atoms with Crippen LogP contribution in [0.25, 0.3) is 0 Å². The zero-order chi connectivity index (χ0) is 19.2. The molecule has 6 heteroatoms. The summed E-state index contributed by atoms with van der Waals surface area (Å²) in [4.78, 5) is 14.9. The molecule has 1 aliphatic rings. The standard InChI is InChI=1S/C21H27ClN2O3/c1-3-13-27-20-18(22)14-16(15-19(20)26-4-2)21(25)24-11-7-17(8-12-24)23-9-5-6-10-23/h5-6,9-10,14-15,17H,3-4,7-8,11-13H2,1-2H3. The number of aromatic nitrogens is 1. The van der Waals surface area contributed by atoms with Gasteiger partial charge in [-0.3, -0.25) is 4.79 Å². The molecule has 0 saturated carbocycles. The van der Waals surface area contributed by atoms with E-state index in [2.05, 4.69) is 17.0 Å². The van der Waals surface area contributed by atoms with Crippen molar-refractivity contribution in [1.29, 1.82) is 0 Å². The molecular weight excluding hydrogens is 364 g/mol. The van der Waals surface area contributed by atoms with E-state index in [1.807, 2.05) is 30.9 Å². The predicted octanol–water partition coefficient (Wildman–Crippen LogP) is 4.81. The van der Waals surface area contributed by atoms with Crippen molar-refractivity contribution in [1.82, 2.24) is 9.47 Å². The molecule has 2 heterocycles. The molecule has 0 bridgehead atoms. The van der Waals surface area contributed by atoms with Crippen molar-refractivity contribution >= 4 is 17.5 Å². The Balaban J connectivity index is 1.72. The highest BCUT2D eigenvalue weighted by molar-refractivity contribution is 6.32. The van der Waals surface area contributed by atoms with Crippen molar-refractivity contribution in [2.45, 2.75) is 39.2 Å². The van der Waals surface area contributed by atoms with Crippen LogP contribution >= 0.6 is 11.6 Å². The van der Waals surface area contributed by atoms with Gasteiger partial charge in [-0.25, -0.2) is 0 Å². The summed E-state index contributed by atoms with van der Waals surface area (Å²) >= 11 is 6.40. The zero-order valence-electron chi connectivity index (χ0n) is 16.0. The summed E-state index contributed by atoms with van der Waals surface area (Å²) in [6, 6.07) is 7.97. The molecule has 1 saturated heterocycles. The Hall–Kier alpha value is -2.14. The summed E-state index contributed by atoms with van der Waals surface area (Å²) in [5, 5.41) is 0.417. The van der Waals surface area contributed by atoms with Gasteiger partial charge >= 0.3 is 0 Å². The smallest absolute Gasteiger partial charge is 0.254 e. The number of rotatable bonds is 7. The number of hydrogen-bond acceptors (Lipinski definition) is 3. The van der Waals surface area contributed by atoms with Gasteiger partial charge < -0.3 is 18.9 Å². The largest absolute Gasteiger partial charge is 0.490 e. The van der Waals surface area contributed by atoms with Gasteiger partial charge in [-0.15, -0.1) is 0 Å². The number of likely N-dealkylation sites (tertiary alicyclic amines) is 1. The van der Waals surface area contributed by atoms with Gasteiger partial charge in [0, 0.05) is 37.1 Å². The van der Waals surface area contributed by atoms with Crippen molar-refractivity contribution in [3.05, 3.63) is 47.2 Å². The van der Waals surface area contributed by atoms with Crippen LogP contribution in [-0.4, -0.2) is 41.7 Å². The van der Waals surface area contributed by atoms with Gasteiger partial charge in [-0.1, -0.05) is 18.5 Å². The van der Waals surface area contributed by atoms with E-state index in [0.29, 0.717) is 41.3 Å². The molecule has 0 N–H and O–H groups in total. The fourth-order valence-corrected chi connectivity index (χ4v) is 3.70. The summed E-state index contributed by atoms with van der Waals surface area (Å²) in [7, 11) is 0. The summed E-state index contributed by atoms with van der Waals surface area (Å²) < 4.78 is 13.6. The summed E-state index contributed by atoms with van der Waals surface area (Å²) in [5.74, 6) is 1.04. The van der Waals surface area contributed by atoms with Crippen LogP contribution in [0.3, 0.4) is 0 Å². The molecule has 1 aliphatic heterocycles. The summed E-state index contributed by atoms with van der Waals surface area (Å²) in [6.45, 7) is 6.44. The minimum Gasteiger partial charge on any atom is -0.490 e. The Kier molecular flexibility index (Phi) is 6.67. The molecule has 0 spiro atoms. The first-order valence-electron chi connectivity index (χ1n) is 9.64. The number of benzene rings is 1. The van der Waals surface area contributed by atoms with E-state index in [4.69, 9.17) is 21.1 Å². The number of carbonyl (C=O) groups is 1. The molecule has 1 fully saturated rings. The predicted molar refractivity (Wildman–Crippen MR) is 107 cm³/mol. The van der Waals surface area contributed by atoms with Crippen molar-refractivity contribution in [3.8, 4) is 11.5 Å². The van der Waals surface area contributed by atoms with Gasteiger partial charge in [0.05, 0.1) is 18.2 Å². The molecule has 27 heavy (non-hydrogen) atoms. The van der Waals surface area contributed by atoms with Gasteiger partial charge in [0.1, 0.15) is 0 Å². The SMILES string of the molecule is CCCOc1c(Cl)cc(C(=O)N2CCC(n3cccc3)CC2)cc1OCC. The monoisotopic (exact) mass is 390 g/mol. The first kappa shape index (κ1) is 19.6. The van der Waals surface area contributed by atoms with Gasteiger partial charge in [-0.05, 0) is 50.5 Å². The Bertz CT molecular complexity index is 753. The van der Waals surface area contributed by atoms with Gasteiger partial charge in [0.15, 0.2) is 11.5 Å². The summed E-state index contributed by atoms with van der Waals surface area (Å²) in [5.41, 5.74) is 0.548. The fourth-order valence-electron chi connectivity index (χ4n) is 3.44. The maximum atomic E-state index is 13.0. The second-order valence-corrected chi connectivity index (χ2v) is 7.13. The second-order valence-electron chi connectivity index (χ2n) is 6.72. The average molecular weight is 391 g/mol. The molecule has 5 nitrogen and oxygen atoms in total. The van der Waals surface area contributed by atoms with E-state index in [-0.39, 0.29) is 5.91 Å². The van der Waals surface area contributed by atoms with Crippen LogP contribution in [0.5, 0.6) is 11.5 Å². The molecular formula is C21H27ClN2O3. The molecule has 0 aliphatic carbocycles. The van der Waals surface area contributed by atoms with E-state index >= 15 is 0 Å². The molecule has 0 radical (unpaired) electrons. The Morgan fingerprint density at radius 2 is 1.85 bits per heavy atom. The van der Waals surface area contributed by atoms with Crippen LogP contribution in [0.15, 0.2) is 36.7 Å². The average Bonchev–Trinajstić information content (AvgIpc) is 3.22. The van der Waals surface area contributed by atoms with Crippen molar-refractivity contribution in [3.63, 3.8) is 0 Å². The number of halogens is 1. The van der Waals surface area contributed by atoms with E-state index in [0.717, 1.165) is 32.4 Å². The van der Waals surface area contributed by atoms with Crippen LogP contribution in [0, 0.1) is 0 Å². The van der Waals surface area contributed by atoms with Crippen molar-refractivity contribution in [2.75, 3.05) is 26.3 Å².